The summed E-state index contributed by atoms with van der Waals surface area (Å²) in [6.45, 7) is 1.45. The SMILES string of the molecule is N#Cc1nccnc1N1CCNC(=O)C1. The van der Waals surface area contributed by atoms with Crippen molar-refractivity contribution >= 4 is 11.7 Å². The zero-order chi connectivity index (χ0) is 10.7. The van der Waals surface area contributed by atoms with E-state index >= 15 is 0 Å². The Morgan fingerprint density at radius 3 is 3.00 bits per heavy atom. The third-order valence-electron chi connectivity index (χ3n) is 2.12. The second kappa shape index (κ2) is 3.92. The number of hydrogen-bond donors (Lipinski definition) is 1. The summed E-state index contributed by atoms with van der Waals surface area (Å²) >= 11 is 0. The summed E-state index contributed by atoms with van der Waals surface area (Å²) in [5.74, 6) is 0.422. The van der Waals surface area contributed by atoms with Gasteiger partial charge >= 0.3 is 0 Å². The van der Waals surface area contributed by atoms with Crippen molar-refractivity contribution < 1.29 is 4.79 Å². The molecule has 1 aromatic rings. The number of aromatic nitrogens is 2. The first-order valence-electron chi connectivity index (χ1n) is 4.54. The summed E-state index contributed by atoms with van der Waals surface area (Å²) in [6, 6.07) is 1.96. The molecular formula is C9H9N5O. The standard InChI is InChI=1S/C9H9N5O/c10-5-7-9(13-2-1-11-7)14-4-3-12-8(15)6-14/h1-2H,3-4,6H2,(H,12,15). The minimum atomic E-state index is -0.0595. The maximum absolute atomic E-state index is 11.2. The average molecular weight is 203 g/mol. The number of nitriles is 1. The van der Waals surface area contributed by atoms with Crippen LogP contribution in [0.3, 0.4) is 0 Å². The fourth-order valence-electron chi connectivity index (χ4n) is 1.46. The normalized spacial score (nSPS) is 15.7. The molecule has 2 heterocycles. The van der Waals surface area contributed by atoms with E-state index in [1.54, 1.807) is 4.90 Å². The molecule has 1 saturated heterocycles. The molecule has 1 aromatic heterocycles. The fraction of sp³-hybridized carbons (Fsp3) is 0.333. The zero-order valence-electron chi connectivity index (χ0n) is 7.97. The van der Waals surface area contributed by atoms with Crippen LogP contribution in [-0.4, -0.2) is 35.5 Å². The van der Waals surface area contributed by atoms with E-state index in [4.69, 9.17) is 5.26 Å². The van der Waals surface area contributed by atoms with E-state index in [1.807, 2.05) is 6.07 Å². The Morgan fingerprint density at radius 1 is 1.47 bits per heavy atom. The van der Waals surface area contributed by atoms with Crippen LogP contribution in [-0.2, 0) is 4.79 Å². The first-order chi connectivity index (χ1) is 7.31. The predicted octanol–water partition coefficient (Wildman–Crippen LogP) is -0.716. The summed E-state index contributed by atoms with van der Waals surface area (Å²) in [4.78, 5) is 20.9. The van der Waals surface area contributed by atoms with Crippen LogP contribution in [0.1, 0.15) is 5.69 Å². The first kappa shape index (κ1) is 9.40. The molecule has 1 amide bonds. The van der Waals surface area contributed by atoms with Crippen molar-refractivity contribution in [1.82, 2.24) is 15.3 Å². The van der Waals surface area contributed by atoms with Gasteiger partial charge in [0.05, 0.1) is 6.54 Å². The van der Waals surface area contributed by atoms with Gasteiger partial charge in [0.15, 0.2) is 11.5 Å². The summed E-state index contributed by atoms with van der Waals surface area (Å²) < 4.78 is 0. The van der Waals surface area contributed by atoms with E-state index in [2.05, 4.69) is 15.3 Å². The molecule has 0 saturated carbocycles. The molecule has 1 aliphatic rings. The lowest BCUT2D eigenvalue weighted by atomic mass is 10.3. The third kappa shape index (κ3) is 1.86. The molecule has 1 N–H and O–H groups in total. The summed E-state index contributed by atoms with van der Waals surface area (Å²) in [6.07, 6.45) is 2.98. The molecule has 1 fully saturated rings. The molecule has 0 aromatic carbocycles. The van der Waals surface area contributed by atoms with Crippen molar-refractivity contribution in [1.29, 1.82) is 5.26 Å². The number of piperazine rings is 1. The van der Waals surface area contributed by atoms with Crippen LogP contribution >= 0.6 is 0 Å². The quantitative estimate of drug-likeness (QED) is 0.651. The minimum absolute atomic E-state index is 0.0595. The van der Waals surface area contributed by atoms with Gasteiger partial charge in [0, 0.05) is 25.5 Å². The lowest BCUT2D eigenvalue weighted by molar-refractivity contribution is -0.120. The number of anilines is 1. The summed E-state index contributed by atoms with van der Waals surface area (Å²) in [7, 11) is 0. The Balaban J connectivity index is 2.29. The van der Waals surface area contributed by atoms with Crippen molar-refractivity contribution in [3.8, 4) is 6.07 Å². The van der Waals surface area contributed by atoms with Crippen LogP contribution in [0.5, 0.6) is 0 Å². The van der Waals surface area contributed by atoms with Crippen LogP contribution in [0, 0.1) is 11.3 Å². The van der Waals surface area contributed by atoms with Crippen molar-refractivity contribution in [2.45, 2.75) is 0 Å². The Morgan fingerprint density at radius 2 is 2.27 bits per heavy atom. The fourth-order valence-corrected chi connectivity index (χ4v) is 1.46. The lowest BCUT2D eigenvalue weighted by Gasteiger charge is -2.27. The number of nitrogens with one attached hydrogen (secondary N) is 1. The Kier molecular flexibility index (Phi) is 2.46. The lowest BCUT2D eigenvalue weighted by Crippen LogP contribution is -2.48. The average Bonchev–Trinajstić information content (AvgIpc) is 2.29. The first-order valence-corrected chi connectivity index (χ1v) is 4.54. The van der Waals surface area contributed by atoms with E-state index in [0.29, 0.717) is 18.9 Å². The van der Waals surface area contributed by atoms with Crippen LogP contribution in [0.15, 0.2) is 12.4 Å². The molecule has 0 aliphatic carbocycles. The Bertz CT molecular complexity index is 425. The van der Waals surface area contributed by atoms with Crippen molar-refractivity contribution in [3.63, 3.8) is 0 Å². The number of rotatable bonds is 1. The van der Waals surface area contributed by atoms with Crippen LogP contribution < -0.4 is 10.2 Å². The van der Waals surface area contributed by atoms with E-state index in [-0.39, 0.29) is 18.1 Å². The van der Waals surface area contributed by atoms with E-state index in [9.17, 15) is 4.79 Å². The molecule has 2 rings (SSSR count). The summed E-state index contributed by atoms with van der Waals surface area (Å²) in [5, 5.41) is 11.5. The molecule has 0 unspecified atom stereocenters. The van der Waals surface area contributed by atoms with Crippen LogP contribution in [0.2, 0.25) is 0 Å². The highest BCUT2D eigenvalue weighted by atomic mass is 16.2. The van der Waals surface area contributed by atoms with Gasteiger partial charge in [0.25, 0.3) is 0 Å². The molecule has 0 radical (unpaired) electrons. The predicted molar refractivity (Wildman–Crippen MR) is 52.0 cm³/mol. The molecule has 76 valence electrons. The van der Waals surface area contributed by atoms with Gasteiger partial charge in [-0.05, 0) is 0 Å². The van der Waals surface area contributed by atoms with E-state index in [1.165, 1.54) is 12.4 Å². The maximum Gasteiger partial charge on any atom is 0.239 e. The van der Waals surface area contributed by atoms with Gasteiger partial charge in [-0.25, -0.2) is 9.97 Å². The highest BCUT2D eigenvalue weighted by Gasteiger charge is 2.20. The Labute approximate surface area is 86.6 Å². The molecule has 6 nitrogen and oxygen atoms in total. The number of carbonyl (C=O) groups is 1. The molecule has 0 atom stereocenters. The zero-order valence-corrected chi connectivity index (χ0v) is 7.97. The molecule has 6 heteroatoms. The number of nitrogens with zero attached hydrogens (tertiary/aromatic N) is 4. The molecular weight excluding hydrogens is 194 g/mol. The van der Waals surface area contributed by atoms with Gasteiger partial charge in [-0.1, -0.05) is 0 Å². The van der Waals surface area contributed by atoms with Crippen molar-refractivity contribution in [3.05, 3.63) is 18.1 Å². The highest BCUT2D eigenvalue weighted by Crippen LogP contribution is 2.14. The van der Waals surface area contributed by atoms with Gasteiger partial charge in [-0.3, -0.25) is 4.79 Å². The molecule has 1 aliphatic heterocycles. The van der Waals surface area contributed by atoms with Gasteiger partial charge in [0.2, 0.25) is 5.91 Å². The molecule has 0 spiro atoms. The number of amides is 1. The van der Waals surface area contributed by atoms with E-state index < -0.39 is 0 Å². The van der Waals surface area contributed by atoms with Crippen molar-refractivity contribution in [2.75, 3.05) is 24.5 Å². The van der Waals surface area contributed by atoms with Gasteiger partial charge in [-0.2, -0.15) is 5.26 Å². The second-order valence-electron chi connectivity index (χ2n) is 3.11. The largest absolute Gasteiger partial charge is 0.353 e. The molecule has 0 bridgehead atoms. The second-order valence-corrected chi connectivity index (χ2v) is 3.11. The van der Waals surface area contributed by atoms with Crippen LogP contribution in [0.4, 0.5) is 5.82 Å². The van der Waals surface area contributed by atoms with Crippen molar-refractivity contribution in [2.24, 2.45) is 0 Å². The minimum Gasteiger partial charge on any atom is -0.353 e. The number of carbonyl (C=O) groups excluding carboxylic acids is 1. The number of hydrogen-bond acceptors (Lipinski definition) is 5. The maximum atomic E-state index is 11.2. The molecule has 15 heavy (non-hydrogen) atoms. The third-order valence-corrected chi connectivity index (χ3v) is 2.12. The topological polar surface area (TPSA) is 81.9 Å². The van der Waals surface area contributed by atoms with Gasteiger partial charge < -0.3 is 10.2 Å². The Hall–Kier alpha value is -2.16. The summed E-state index contributed by atoms with van der Waals surface area (Å²) in [5.41, 5.74) is 0.257. The van der Waals surface area contributed by atoms with Gasteiger partial charge in [0.1, 0.15) is 6.07 Å². The monoisotopic (exact) mass is 203 g/mol. The van der Waals surface area contributed by atoms with Gasteiger partial charge in [-0.15, -0.1) is 0 Å². The highest BCUT2D eigenvalue weighted by molar-refractivity contribution is 5.82. The van der Waals surface area contributed by atoms with E-state index in [0.717, 1.165) is 0 Å². The smallest absolute Gasteiger partial charge is 0.239 e. The van der Waals surface area contributed by atoms with Crippen LogP contribution in [0.25, 0.3) is 0 Å².